The van der Waals surface area contributed by atoms with Crippen molar-refractivity contribution in [1.82, 2.24) is 9.97 Å². The molecule has 4 aromatic rings. The number of benzene rings is 2. The van der Waals surface area contributed by atoms with Crippen LogP contribution in [-0.4, -0.2) is 47.4 Å². The van der Waals surface area contributed by atoms with Gasteiger partial charge >= 0.3 is 0 Å². The van der Waals surface area contributed by atoms with E-state index in [2.05, 4.69) is 20.0 Å². The number of aromatic amines is 2. The Morgan fingerprint density at radius 1 is 0.742 bits per heavy atom. The topological polar surface area (TPSA) is 99.7 Å². The van der Waals surface area contributed by atoms with Crippen LogP contribution in [0, 0.1) is 0 Å². The molecule has 0 fully saturated rings. The van der Waals surface area contributed by atoms with Gasteiger partial charge in [-0.3, -0.25) is 9.59 Å². The van der Waals surface area contributed by atoms with Crippen molar-refractivity contribution in [3.8, 4) is 0 Å². The summed E-state index contributed by atoms with van der Waals surface area (Å²) < 4.78 is 5.32. The van der Waals surface area contributed by atoms with Gasteiger partial charge in [0.1, 0.15) is 0 Å². The van der Waals surface area contributed by atoms with Gasteiger partial charge < -0.3 is 14.7 Å². The van der Waals surface area contributed by atoms with Gasteiger partial charge in [0.05, 0.1) is 26.1 Å². The largest absolute Gasteiger partial charge is 0.370 e. The lowest BCUT2D eigenvalue weighted by atomic mass is 10.1. The number of nitrogens with zero attached hydrogens (tertiary/aromatic N) is 2. The van der Waals surface area contributed by atoms with Crippen molar-refractivity contribution < 1.29 is 14.3 Å². The first-order valence-electron chi connectivity index (χ1n) is 9.98. The molecular weight excluding hydrogens is 392 g/mol. The van der Waals surface area contributed by atoms with E-state index in [1.54, 1.807) is 0 Å². The maximum absolute atomic E-state index is 12.0. The van der Waals surface area contributed by atoms with Crippen molar-refractivity contribution in [2.45, 2.75) is 12.8 Å². The van der Waals surface area contributed by atoms with Crippen LogP contribution in [0.25, 0.3) is 21.8 Å². The summed E-state index contributed by atoms with van der Waals surface area (Å²) in [5, 5.41) is 2.13. The van der Waals surface area contributed by atoms with Crippen LogP contribution in [0.15, 0.2) is 70.9 Å². The van der Waals surface area contributed by atoms with Crippen molar-refractivity contribution in [2.24, 2.45) is 9.98 Å². The summed E-state index contributed by atoms with van der Waals surface area (Å²) in [5.74, 6) is -0.469. The molecule has 7 heteroatoms. The van der Waals surface area contributed by atoms with Gasteiger partial charge in [-0.25, -0.2) is 9.98 Å². The van der Waals surface area contributed by atoms with Gasteiger partial charge in [-0.15, -0.1) is 0 Å². The monoisotopic (exact) mass is 414 g/mol. The summed E-state index contributed by atoms with van der Waals surface area (Å²) in [6, 6.07) is 15.6. The zero-order valence-electron chi connectivity index (χ0n) is 16.9. The number of amides is 2. The highest BCUT2D eigenvalue weighted by Crippen LogP contribution is 2.15. The second-order valence-electron chi connectivity index (χ2n) is 7.10. The molecule has 0 aliphatic carbocycles. The van der Waals surface area contributed by atoms with Crippen LogP contribution in [-0.2, 0) is 27.2 Å². The van der Waals surface area contributed by atoms with Crippen molar-refractivity contribution in [3.63, 3.8) is 0 Å². The van der Waals surface area contributed by atoms with Gasteiger partial charge in [0.25, 0.3) is 0 Å². The molecule has 2 heterocycles. The van der Waals surface area contributed by atoms with E-state index in [0.717, 1.165) is 32.9 Å². The predicted octanol–water partition coefficient (Wildman–Crippen LogP) is 3.65. The Labute approximate surface area is 178 Å². The fraction of sp³-hybridized carbons (Fsp3) is 0.167. The van der Waals surface area contributed by atoms with Gasteiger partial charge in [-0.2, -0.15) is 0 Å². The molecule has 0 saturated heterocycles. The quantitative estimate of drug-likeness (QED) is 0.340. The highest BCUT2D eigenvalue weighted by Gasteiger charge is 2.04. The molecule has 7 nitrogen and oxygen atoms in total. The molecule has 2 aromatic carbocycles. The zero-order valence-corrected chi connectivity index (χ0v) is 16.9. The molecule has 2 aromatic heterocycles. The maximum Gasteiger partial charge on any atom is 0.249 e. The predicted molar refractivity (Wildman–Crippen MR) is 122 cm³/mol. The Hall–Kier alpha value is -3.84. The maximum atomic E-state index is 12.0. The van der Waals surface area contributed by atoms with Gasteiger partial charge in [0.2, 0.25) is 11.8 Å². The van der Waals surface area contributed by atoms with Crippen molar-refractivity contribution >= 4 is 46.0 Å². The molecule has 31 heavy (non-hydrogen) atoms. The van der Waals surface area contributed by atoms with Crippen LogP contribution < -0.4 is 0 Å². The summed E-state index contributed by atoms with van der Waals surface area (Å²) in [6.07, 6.45) is 7.07. The molecule has 0 unspecified atom stereocenters. The number of fused-ring (bicyclic) bond motifs is 2. The number of ether oxygens (including phenoxy) is 1. The molecule has 4 rings (SSSR count). The number of hydrogen-bond donors (Lipinski definition) is 2. The SMILES string of the molecule is O=C(Cc1ccc2[nH]ccc2c1)N=CCOCC=NC(=O)Cc1ccc2[nH]ccc2c1. The molecule has 156 valence electrons. The molecule has 0 saturated carbocycles. The summed E-state index contributed by atoms with van der Waals surface area (Å²) in [5.41, 5.74) is 3.90. The van der Waals surface area contributed by atoms with Crippen LogP contribution >= 0.6 is 0 Å². The van der Waals surface area contributed by atoms with Crippen molar-refractivity contribution in [3.05, 3.63) is 72.1 Å². The molecular formula is C24H22N4O3. The number of nitrogens with one attached hydrogen (secondary N) is 2. The van der Waals surface area contributed by atoms with E-state index in [4.69, 9.17) is 4.74 Å². The summed E-state index contributed by atoms with van der Waals surface area (Å²) in [7, 11) is 0. The van der Waals surface area contributed by atoms with Gasteiger partial charge in [0.15, 0.2) is 0 Å². The van der Waals surface area contributed by atoms with E-state index in [1.807, 2.05) is 60.9 Å². The Morgan fingerprint density at radius 3 is 1.71 bits per heavy atom. The minimum absolute atomic E-state index is 0.174. The third-order valence-electron chi connectivity index (χ3n) is 4.80. The summed E-state index contributed by atoms with van der Waals surface area (Å²) in [6.45, 7) is 0.347. The minimum atomic E-state index is -0.235. The first kappa shape index (κ1) is 20.4. The lowest BCUT2D eigenvalue weighted by Crippen LogP contribution is -2.05. The molecule has 0 aliphatic heterocycles. The number of H-pyrrole nitrogens is 2. The van der Waals surface area contributed by atoms with Crippen LogP contribution in [0.3, 0.4) is 0 Å². The second-order valence-corrected chi connectivity index (χ2v) is 7.10. The smallest absolute Gasteiger partial charge is 0.249 e. The molecule has 0 radical (unpaired) electrons. The van der Waals surface area contributed by atoms with E-state index in [-0.39, 0.29) is 37.9 Å². The third-order valence-corrected chi connectivity index (χ3v) is 4.80. The Morgan fingerprint density at radius 2 is 1.23 bits per heavy atom. The molecule has 0 atom stereocenters. The molecule has 0 spiro atoms. The van der Waals surface area contributed by atoms with Crippen LogP contribution in [0.5, 0.6) is 0 Å². The van der Waals surface area contributed by atoms with Gasteiger partial charge in [-0.1, -0.05) is 12.1 Å². The average Bonchev–Trinajstić information content (AvgIpc) is 3.41. The molecule has 2 N–H and O–H groups in total. The fourth-order valence-electron chi connectivity index (χ4n) is 3.32. The van der Waals surface area contributed by atoms with Crippen LogP contribution in [0.4, 0.5) is 0 Å². The van der Waals surface area contributed by atoms with E-state index in [9.17, 15) is 9.59 Å². The Bertz CT molecular complexity index is 1170. The first-order chi connectivity index (χ1) is 15.2. The molecule has 0 bridgehead atoms. The van der Waals surface area contributed by atoms with Gasteiger partial charge in [0, 0.05) is 35.9 Å². The minimum Gasteiger partial charge on any atom is -0.370 e. The second kappa shape index (κ2) is 9.77. The number of hydrogen-bond acceptors (Lipinski definition) is 3. The Kier molecular flexibility index (Phi) is 6.44. The standard InChI is InChI=1S/C24H22N4O3/c29-23(15-17-1-3-21-19(13-17)5-7-25-21)27-9-11-31-12-10-28-24(30)16-18-2-4-22-20(14-18)6-8-26-22/h1-10,13-14,25-26H,11-12,15-16H2. The summed E-state index contributed by atoms with van der Waals surface area (Å²) >= 11 is 0. The number of rotatable bonds is 8. The van der Waals surface area contributed by atoms with E-state index in [1.165, 1.54) is 12.4 Å². The first-order valence-corrected chi connectivity index (χ1v) is 9.98. The van der Waals surface area contributed by atoms with Gasteiger partial charge in [-0.05, 0) is 58.3 Å². The van der Waals surface area contributed by atoms with Crippen molar-refractivity contribution in [2.75, 3.05) is 13.2 Å². The highest BCUT2D eigenvalue weighted by atomic mass is 16.5. The number of aliphatic imine (C=N–C) groups is 2. The van der Waals surface area contributed by atoms with E-state index >= 15 is 0 Å². The van der Waals surface area contributed by atoms with E-state index < -0.39 is 0 Å². The van der Waals surface area contributed by atoms with Crippen LogP contribution in [0.1, 0.15) is 11.1 Å². The lowest BCUT2D eigenvalue weighted by molar-refractivity contribution is -0.118. The van der Waals surface area contributed by atoms with Crippen molar-refractivity contribution in [1.29, 1.82) is 0 Å². The highest BCUT2D eigenvalue weighted by molar-refractivity contribution is 5.89. The average molecular weight is 414 g/mol. The number of carbonyl (C=O) groups excluding carboxylic acids is 2. The number of carbonyl (C=O) groups is 2. The third kappa shape index (κ3) is 5.61. The zero-order chi connectivity index (χ0) is 21.5. The molecule has 2 amide bonds. The lowest BCUT2D eigenvalue weighted by Gasteiger charge is -1.99. The van der Waals surface area contributed by atoms with Crippen LogP contribution in [0.2, 0.25) is 0 Å². The molecule has 0 aliphatic rings. The fourth-order valence-corrected chi connectivity index (χ4v) is 3.32. The normalized spacial score (nSPS) is 11.9. The summed E-state index contributed by atoms with van der Waals surface area (Å²) in [4.78, 5) is 37.9. The van der Waals surface area contributed by atoms with E-state index in [0.29, 0.717) is 0 Å². The Balaban J connectivity index is 1.15. The number of aromatic nitrogens is 2.